The molecule has 0 N–H and O–H groups in total. The minimum atomic E-state index is -0.518. The molecule has 116 valence electrons. The van der Waals surface area contributed by atoms with Crippen molar-refractivity contribution in [1.82, 2.24) is 15.0 Å². The number of piperidine rings is 1. The van der Waals surface area contributed by atoms with Gasteiger partial charge in [-0.05, 0) is 38.0 Å². The van der Waals surface area contributed by atoms with Gasteiger partial charge in [0.1, 0.15) is 5.82 Å². The van der Waals surface area contributed by atoms with Crippen LogP contribution in [0.1, 0.15) is 40.8 Å². The maximum atomic E-state index is 14.0. The van der Waals surface area contributed by atoms with Gasteiger partial charge >= 0.3 is 0 Å². The van der Waals surface area contributed by atoms with Crippen molar-refractivity contribution < 1.29 is 13.7 Å². The second-order valence-corrected chi connectivity index (χ2v) is 6.31. The Balaban J connectivity index is 1.78. The van der Waals surface area contributed by atoms with Crippen LogP contribution in [-0.4, -0.2) is 34.0 Å². The molecule has 1 saturated heterocycles. The summed E-state index contributed by atoms with van der Waals surface area (Å²) in [5.41, 5.74) is 0.0885. The number of rotatable bonds is 2. The predicted octanol–water partition coefficient (Wildman–Crippen LogP) is 3.30. The third-order valence-corrected chi connectivity index (χ3v) is 4.26. The first kappa shape index (κ1) is 15.1. The van der Waals surface area contributed by atoms with Gasteiger partial charge in [0.15, 0.2) is 5.82 Å². The van der Waals surface area contributed by atoms with E-state index in [0.717, 1.165) is 12.8 Å². The fourth-order valence-electron chi connectivity index (χ4n) is 2.68. The highest BCUT2D eigenvalue weighted by Gasteiger charge is 2.29. The normalized spacial score (nSPS) is 18.5. The van der Waals surface area contributed by atoms with Crippen molar-refractivity contribution in [1.29, 1.82) is 0 Å². The predicted molar refractivity (Wildman–Crippen MR) is 81.0 cm³/mol. The molecule has 0 bridgehead atoms. The van der Waals surface area contributed by atoms with Gasteiger partial charge < -0.3 is 9.42 Å². The van der Waals surface area contributed by atoms with Crippen LogP contribution >= 0.6 is 15.9 Å². The van der Waals surface area contributed by atoms with Gasteiger partial charge in [-0.15, -0.1) is 0 Å². The summed E-state index contributed by atoms with van der Waals surface area (Å²) < 4.78 is 19.8. The van der Waals surface area contributed by atoms with E-state index in [4.69, 9.17) is 4.52 Å². The van der Waals surface area contributed by atoms with Gasteiger partial charge in [0.25, 0.3) is 5.91 Å². The first-order valence-corrected chi connectivity index (χ1v) is 7.88. The zero-order valence-corrected chi connectivity index (χ0v) is 13.6. The Kier molecular flexibility index (Phi) is 4.24. The van der Waals surface area contributed by atoms with Crippen LogP contribution < -0.4 is 0 Å². The molecule has 1 fully saturated rings. The molecule has 1 aliphatic rings. The Hall–Kier alpha value is -1.76. The molecule has 0 aliphatic carbocycles. The van der Waals surface area contributed by atoms with Crippen molar-refractivity contribution in [3.8, 4) is 0 Å². The number of hydrogen-bond donors (Lipinski definition) is 0. The van der Waals surface area contributed by atoms with Gasteiger partial charge in [-0.3, -0.25) is 4.79 Å². The molecule has 0 unspecified atom stereocenters. The molecule has 5 nitrogen and oxygen atoms in total. The maximum absolute atomic E-state index is 14.0. The van der Waals surface area contributed by atoms with Crippen molar-refractivity contribution in [3.63, 3.8) is 0 Å². The first-order valence-electron chi connectivity index (χ1n) is 7.09. The Morgan fingerprint density at radius 3 is 3.00 bits per heavy atom. The van der Waals surface area contributed by atoms with Crippen LogP contribution in [0.2, 0.25) is 0 Å². The minimum Gasteiger partial charge on any atom is -0.339 e. The summed E-state index contributed by atoms with van der Waals surface area (Å²) in [4.78, 5) is 18.4. The van der Waals surface area contributed by atoms with Crippen LogP contribution in [0.5, 0.6) is 0 Å². The van der Waals surface area contributed by atoms with Gasteiger partial charge in [-0.1, -0.05) is 21.1 Å². The number of amides is 1. The lowest BCUT2D eigenvalue weighted by atomic mass is 9.97. The maximum Gasteiger partial charge on any atom is 0.256 e. The van der Waals surface area contributed by atoms with Gasteiger partial charge in [-0.2, -0.15) is 4.98 Å². The number of halogens is 2. The van der Waals surface area contributed by atoms with Crippen molar-refractivity contribution in [3.05, 3.63) is 45.8 Å². The van der Waals surface area contributed by atoms with E-state index < -0.39 is 5.82 Å². The average Bonchev–Trinajstić information content (AvgIpc) is 2.93. The summed E-state index contributed by atoms with van der Waals surface area (Å²) in [5.74, 6) is 0.321. The number of benzene rings is 1. The highest BCUT2D eigenvalue weighted by Crippen LogP contribution is 2.27. The second kappa shape index (κ2) is 6.16. The van der Waals surface area contributed by atoms with Crippen molar-refractivity contribution in [2.75, 3.05) is 13.1 Å². The van der Waals surface area contributed by atoms with Crippen LogP contribution in [0.4, 0.5) is 4.39 Å². The van der Waals surface area contributed by atoms with Gasteiger partial charge in [0.2, 0.25) is 5.89 Å². The number of aromatic nitrogens is 2. The SMILES string of the molecule is Cc1noc([C@H]2CCCN(C(=O)c3ccc(Br)cc3F)C2)n1. The molecule has 1 aromatic carbocycles. The number of likely N-dealkylation sites (tertiary alicyclic amines) is 1. The number of aryl methyl sites for hydroxylation is 1. The summed E-state index contributed by atoms with van der Waals surface area (Å²) >= 11 is 3.19. The highest BCUT2D eigenvalue weighted by atomic mass is 79.9. The summed E-state index contributed by atoms with van der Waals surface area (Å²) in [6, 6.07) is 4.47. The van der Waals surface area contributed by atoms with Gasteiger partial charge in [-0.25, -0.2) is 4.39 Å². The molecular formula is C15H15BrFN3O2. The Morgan fingerprint density at radius 1 is 1.50 bits per heavy atom. The zero-order valence-electron chi connectivity index (χ0n) is 12.1. The van der Waals surface area contributed by atoms with Gasteiger partial charge in [0, 0.05) is 17.6 Å². The Morgan fingerprint density at radius 2 is 2.32 bits per heavy atom. The lowest BCUT2D eigenvalue weighted by Gasteiger charge is -2.31. The summed E-state index contributed by atoms with van der Waals surface area (Å²) in [5, 5.41) is 3.79. The quantitative estimate of drug-likeness (QED) is 0.816. The molecule has 0 radical (unpaired) electrons. The largest absolute Gasteiger partial charge is 0.339 e. The van der Waals surface area contributed by atoms with E-state index in [1.165, 1.54) is 12.1 Å². The van der Waals surface area contributed by atoms with E-state index in [0.29, 0.717) is 29.3 Å². The summed E-state index contributed by atoms with van der Waals surface area (Å²) in [6.45, 7) is 2.84. The molecule has 1 amide bonds. The fraction of sp³-hybridized carbons (Fsp3) is 0.400. The third-order valence-electron chi connectivity index (χ3n) is 3.76. The third kappa shape index (κ3) is 3.04. The van der Waals surface area contributed by atoms with Crippen molar-refractivity contribution >= 4 is 21.8 Å². The van der Waals surface area contributed by atoms with Crippen molar-refractivity contribution in [2.45, 2.75) is 25.7 Å². The molecule has 0 saturated carbocycles. The van der Waals surface area contributed by atoms with Crippen molar-refractivity contribution in [2.24, 2.45) is 0 Å². The molecule has 1 atom stereocenters. The monoisotopic (exact) mass is 367 g/mol. The summed E-state index contributed by atoms with van der Waals surface area (Å²) in [7, 11) is 0. The molecule has 1 aliphatic heterocycles. The van der Waals surface area contributed by atoms with Crippen LogP contribution in [0.15, 0.2) is 27.2 Å². The van der Waals surface area contributed by atoms with Gasteiger partial charge in [0.05, 0.1) is 11.5 Å². The molecule has 1 aromatic heterocycles. The Bertz CT molecular complexity index is 704. The van der Waals surface area contributed by atoms with Crippen LogP contribution in [0.25, 0.3) is 0 Å². The molecule has 7 heteroatoms. The number of hydrogen-bond acceptors (Lipinski definition) is 4. The first-order chi connectivity index (χ1) is 10.5. The molecule has 22 heavy (non-hydrogen) atoms. The molecule has 2 heterocycles. The topological polar surface area (TPSA) is 59.2 Å². The molecule has 3 rings (SSSR count). The smallest absolute Gasteiger partial charge is 0.256 e. The fourth-order valence-corrected chi connectivity index (χ4v) is 3.01. The zero-order chi connectivity index (χ0) is 15.7. The van der Waals surface area contributed by atoms with E-state index in [-0.39, 0.29) is 17.4 Å². The van der Waals surface area contributed by atoms with Crippen LogP contribution in [0, 0.1) is 12.7 Å². The van der Waals surface area contributed by atoms with E-state index >= 15 is 0 Å². The standard InChI is InChI=1S/C15H15BrFN3O2/c1-9-18-14(22-19-9)10-3-2-6-20(8-10)15(21)12-5-4-11(16)7-13(12)17/h4-5,7,10H,2-3,6,8H2,1H3/t10-/m0/s1. The number of carbonyl (C=O) groups is 1. The van der Waals surface area contributed by atoms with Crippen LogP contribution in [0.3, 0.4) is 0 Å². The second-order valence-electron chi connectivity index (χ2n) is 5.39. The van der Waals surface area contributed by atoms with E-state index in [9.17, 15) is 9.18 Å². The van der Waals surface area contributed by atoms with E-state index in [2.05, 4.69) is 26.1 Å². The van der Waals surface area contributed by atoms with E-state index in [1.54, 1.807) is 17.9 Å². The lowest BCUT2D eigenvalue weighted by molar-refractivity contribution is 0.0691. The van der Waals surface area contributed by atoms with Crippen LogP contribution in [-0.2, 0) is 0 Å². The average molecular weight is 368 g/mol. The Labute approximate surface area is 135 Å². The number of carbonyl (C=O) groups excluding carboxylic acids is 1. The summed E-state index contributed by atoms with van der Waals surface area (Å²) in [6.07, 6.45) is 1.71. The molecular weight excluding hydrogens is 353 g/mol. The van der Waals surface area contributed by atoms with E-state index in [1.807, 2.05) is 0 Å². The highest BCUT2D eigenvalue weighted by molar-refractivity contribution is 9.10. The molecule has 2 aromatic rings. The lowest BCUT2D eigenvalue weighted by Crippen LogP contribution is -2.39. The molecule has 0 spiro atoms. The number of nitrogens with zero attached hydrogens (tertiary/aromatic N) is 3. The minimum absolute atomic E-state index is 0.0115.